The monoisotopic (exact) mass is 538 g/mol. The van der Waals surface area contributed by atoms with Gasteiger partial charge in [-0.1, -0.05) is 83.1 Å². The van der Waals surface area contributed by atoms with Crippen LogP contribution in [-0.4, -0.2) is 32.3 Å². The largest absolute Gasteiger partial charge is 0.494 e. The van der Waals surface area contributed by atoms with Crippen LogP contribution in [0.3, 0.4) is 0 Å². The second-order valence-corrected chi connectivity index (χ2v) is 10.9. The minimum atomic E-state index is 0.641. The number of azo groups is 1. The molecule has 0 unspecified atom stereocenters. The number of ether oxygens (including phenoxy) is 2. The zero-order valence-electron chi connectivity index (χ0n) is 24.1. The Morgan fingerprint density at radius 3 is 2.13 bits per heavy atom. The van der Waals surface area contributed by atoms with Gasteiger partial charge >= 0.3 is 0 Å². The molecular formula is C31H46N4O2S. The number of benzene rings is 2. The van der Waals surface area contributed by atoms with E-state index < -0.39 is 0 Å². The van der Waals surface area contributed by atoms with Gasteiger partial charge in [0.05, 0.1) is 30.1 Å². The van der Waals surface area contributed by atoms with Gasteiger partial charge < -0.3 is 14.4 Å². The lowest BCUT2D eigenvalue weighted by molar-refractivity contribution is 0.403. The quantitative estimate of drug-likeness (QED) is 0.119. The van der Waals surface area contributed by atoms with E-state index in [1.54, 1.807) is 25.6 Å². The second-order valence-electron chi connectivity index (χ2n) is 9.91. The number of nitrogens with zero attached hydrogens (tertiary/aromatic N) is 4. The van der Waals surface area contributed by atoms with Gasteiger partial charge in [0.2, 0.25) is 5.13 Å². The Hall–Kier alpha value is -2.67. The van der Waals surface area contributed by atoms with E-state index in [0.29, 0.717) is 16.6 Å². The van der Waals surface area contributed by atoms with E-state index in [2.05, 4.69) is 59.1 Å². The summed E-state index contributed by atoms with van der Waals surface area (Å²) in [6.07, 6.45) is 13.6. The van der Waals surface area contributed by atoms with Gasteiger partial charge in [-0.25, -0.2) is 4.98 Å². The summed E-state index contributed by atoms with van der Waals surface area (Å²) in [7, 11) is 3.39. The molecule has 2 aromatic carbocycles. The van der Waals surface area contributed by atoms with Gasteiger partial charge in [0.1, 0.15) is 17.2 Å². The third kappa shape index (κ3) is 8.69. The molecule has 6 nitrogen and oxygen atoms in total. The van der Waals surface area contributed by atoms with Crippen LogP contribution in [0.5, 0.6) is 11.5 Å². The molecule has 7 heteroatoms. The zero-order valence-corrected chi connectivity index (χ0v) is 24.9. The van der Waals surface area contributed by atoms with E-state index in [1.807, 2.05) is 12.1 Å². The van der Waals surface area contributed by atoms with E-state index in [4.69, 9.17) is 9.47 Å². The molecule has 0 N–H and O–H groups in total. The average molecular weight is 539 g/mol. The average Bonchev–Trinajstić information content (AvgIpc) is 3.35. The van der Waals surface area contributed by atoms with E-state index in [9.17, 15) is 0 Å². The number of hydrogen-bond donors (Lipinski definition) is 0. The molecule has 0 spiro atoms. The van der Waals surface area contributed by atoms with Crippen molar-refractivity contribution >= 4 is 38.1 Å². The topological polar surface area (TPSA) is 59.3 Å². The van der Waals surface area contributed by atoms with E-state index in [1.165, 1.54) is 44.1 Å². The number of anilines is 1. The van der Waals surface area contributed by atoms with Crippen LogP contribution in [0, 0.1) is 0 Å². The first-order valence-electron chi connectivity index (χ1n) is 14.5. The molecule has 3 rings (SSSR count). The number of fused-ring (bicyclic) bond motifs is 1. The number of methoxy groups -OCH3 is 2. The summed E-state index contributed by atoms with van der Waals surface area (Å²) in [6.45, 7) is 8.68. The highest BCUT2D eigenvalue weighted by Crippen LogP contribution is 2.41. The maximum atomic E-state index is 5.79. The summed E-state index contributed by atoms with van der Waals surface area (Å²) in [6, 6.07) is 10.5. The predicted molar refractivity (Wildman–Crippen MR) is 162 cm³/mol. The molecular weight excluding hydrogens is 492 g/mol. The maximum absolute atomic E-state index is 5.79. The van der Waals surface area contributed by atoms with Crippen LogP contribution >= 0.6 is 11.3 Å². The molecule has 3 aromatic rings. The highest BCUT2D eigenvalue weighted by atomic mass is 32.1. The summed E-state index contributed by atoms with van der Waals surface area (Å²) >= 11 is 1.58. The number of aryl methyl sites for hydroxylation is 1. The van der Waals surface area contributed by atoms with Crippen LogP contribution < -0.4 is 14.4 Å². The molecule has 0 radical (unpaired) electrons. The first-order chi connectivity index (χ1) is 18.6. The zero-order chi connectivity index (χ0) is 27.2. The number of rotatable bonds is 18. The summed E-state index contributed by atoms with van der Waals surface area (Å²) in [4.78, 5) is 7.08. The van der Waals surface area contributed by atoms with Crippen LogP contribution in [0.1, 0.15) is 90.5 Å². The standard InChI is InChI=1S/C31H46N4O2S/c1-6-9-12-13-14-15-16-24-17-18-25-30(21-24)38-31(32-25)34-33-26-22-29(37-5)27(23-28(26)36-4)35(19-10-7-2)20-11-8-3/h17-18,21-23H,6-16,19-20H2,1-5H3. The second kappa shape index (κ2) is 16.3. The van der Waals surface area contributed by atoms with E-state index >= 15 is 0 Å². The molecule has 0 saturated heterocycles. The minimum Gasteiger partial charge on any atom is -0.494 e. The van der Waals surface area contributed by atoms with Crippen molar-refractivity contribution in [3.8, 4) is 11.5 Å². The molecule has 1 heterocycles. The lowest BCUT2D eigenvalue weighted by atomic mass is 10.0. The third-order valence-corrected chi connectivity index (χ3v) is 7.79. The summed E-state index contributed by atoms with van der Waals surface area (Å²) < 4.78 is 12.7. The van der Waals surface area contributed by atoms with Gasteiger partial charge in [-0.05, 0) is 43.4 Å². The van der Waals surface area contributed by atoms with Crippen LogP contribution in [0.4, 0.5) is 16.5 Å². The van der Waals surface area contributed by atoms with Gasteiger partial charge in [0.15, 0.2) is 0 Å². The molecule has 0 bridgehead atoms. The third-order valence-electron chi connectivity index (χ3n) is 6.89. The van der Waals surface area contributed by atoms with Crippen molar-refractivity contribution in [2.75, 3.05) is 32.2 Å². The number of thiazole rings is 1. The number of hydrogen-bond acceptors (Lipinski definition) is 7. The van der Waals surface area contributed by atoms with Crippen molar-refractivity contribution in [3.05, 3.63) is 35.9 Å². The van der Waals surface area contributed by atoms with Gasteiger partial charge in [-0.2, -0.15) is 0 Å². The van der Waals surface area contributed by atoms with Gasteiger partial charge in [0, 0.05) is 25.2 Å². The fourth-order valence-electron chi connectivity index (χ4n) is 4.60. The molecule has 208 valence electrons. The lowest BCUT2D eigenvalue weighted by Crippen LogP contribution is -2.26. The van der Waals surface area contributed by atoms with Gasteiger partial charge in [0.25, 0.3) is 0 Å². The molecule has 0 aliphatic heterocycles. The SMILES string of the molecule is CCCCCCCCc1ccc2nc(N=Nc3cc(OC)c(N(CCCC)CCCC)cc3OC)sc2c1. The Kier molecular flexibility index (Phi) is 12.8. The molecule has 0 fully saturated rings. The van der Waals surface area contributed by atoms with Gasteiger partial charge in [-0.3, -0.25) is 0 Å². The molecule has 0 saturated carbocycles. The molecule has 0 amide bonds. The van der Waals surface area contributed by atoms with Crippen molar-refractivity contribution in [1.29, 1.82) is 0 Å². The first-order valence-corrected chi connectivity index (χ1v) is 15.3. The molecule has 38 heavy (non-hydrogen) atoms. The van der Waals surface area contributed by atoms with Crippen molar-refractivity contribution in [3.63, 3.8) is 0 Å². The van der Waals surface area contributed by atoms with Crippen LogP contribution in [0.25, 0.3) is 10.2 Å². The predicted octanol–water partition coefficient (Wildman–Crippen LogP) is 10.0. The Bertz CT molecular complexity index is 1140. The van der Waals surface area contributed by atoms with Crippen LogP contribution in [-0.2, 0) is 6.42 Å². The number of aromatic nitrogens is 1. The smallest absolute Gasteiger partial charge is 0.231 e. The maximum Gasteiger partial charge on any atom is 0.231 e. The normalized spacial score (nSPS) is 11.5. The summed E-state index contributed by atoms with van der Waals surface area (Å²) in [5, 5.41) is 9.67. The van der Waals surface area contributed by atoms with Gasteiger partial charge in [-0.15, -0.1) is 10.2 Å². The summed E-state index contributed by atoms with van der Waals surface area (Å²) in [5.41, 5.74) is 4.03. The highest BCUT2D eigenvalue weighted by molar-refractivity contribution is 7.21. The minimum absolute atomic E-state index is 0.641. The molecule has 0 aliphatic rings. The van der Waals surface area contributed by atoms with Crippen molar-refractivity contribution in [2.24, 2.45) is 10.2 Å². The fourth-order valence-corrected chi connectivity index (χ4v) is 5.45. The number of unbranched alkanes of at least 4 members (excludes halogenated alkanes) is 7. The highest BCUT2D eigenvalue weighted by Gasteiger charge is 2.17. The Morgan fingerprint density at radius 2 is 1.45 bits per heavy atom. The van der Waals surface area contributed by atoms with E-state index in [0.717, 1.165) is 66.8 Å². The lowest BCUT2D eigenvalue weighted by Gasteiger charge is -2.27. The van der Waals surface area contributed by atoms with E-state index in [-0.39, 0.29) is 0 Å². The summed E-state index contributed by atoms with van der Waals surface area (Å²) in [5.74, 6) is 1.47. The van der Waals surface area contributed by atoms with Crippen molar-refractivity contribution in [1.82, 2.24) is 4.98 Å². The Morgan fingerprint density at radius 1 is 0.763 bits per heavy atom. The fraction of sp³-hybridized carbons (Fsp3) is 0.581. The first kappa shape index (κ1) is 29.9. The Labute approximate surface area is 233 Å². The molecule has 1 aromatic heterocycles. The van der Waals surface area contributed by atoms with Crippen LogP contribution in [0.2, 0.25) is 0 Å². The van der Waals surface area contributed by atoms with Crippen molar-refractivity contribution in [2.45, 2.75) is 91.4 Å². The van der Waals surface area contributed by atoms with Crippen LogP contribution in [0.15, 0.2) is 40.6 Å². The Balaban J connectivity index is 1.75. The van der Waals surface area contributed by atoms with Crippen molar-refractivity contribution < 1.29 is 9.47 Å². The molecule has 0 aliphatic carbocycles. The molecule has 0 atom stereocenters.